The zero-order chi connectivity index (χ0) is 17.9. The van der Waals surface area contributed by atoms with Gasteiger partial charge in [-0.25, -0.2) is 4.68 Å². The van der Waals surface area contributed by atoms with Gasteiger partial charge in [0.2, 0.25) is 5.13 Å². The van der Waals surface area contributed by atoms with Crippen LogP contribution in [0.5, 0.6) is 5.75 Å². The van der Waals surface area contributed by atoms with Gasteiger partial charge in [0.15, 0.2) is 3.95 Å². The summed E-state index contributed by atoms with van der Waals surface area (Å²) >= 11 is 8.86. The molecule has 1 atom stereocenters. The second kappa shape index (κ2) is 7.87. The minimum atomic E-state index is 0.476. The molecule has 26 heavy (non-hydrogen) atoms. The van der Waals surface area contributed by atoms with Gasteiger partial charge < -0.3 is 10.1 Å². The fourth-order valence-electron chi connectivity index (χ4n) is 3.28. The summed E-state index contributed by atoms with van der Waals surface area (Å²) in [5.41, 5.74) is 0.892. The van der Waals surface area contributed by atoms with E-state index in [4.69, 9.17) is 17.0 Å². The van der Waals surface area contributed by atoms with Crippen molar-refractivity contribution in [3.63, 3.8) is 0 Å². The van der Waals surface area contributed by atoms with Gasteiger partial charge in [-0.1, -0.05) is 29.5 Å². The van der Waals surface area contributed by atoms with Crippen LogP contribution in [0.4, 0.5) is 10.8 Å². The van der Waals surface area contributed by atoms with Gasteiger partial charge in [-0.2, -0.15) is 0 Å². The maximum atomic E-state index is 5.55. The van der Waals surface area contributed by atoms with Crippen molar-refractivity contribution in [1.29, 1.82) is 0 Å². The Labute approximate surface area is 165 Å². The normalized spacial score (nSPS) is 17.5. The number of likely N-dealkylation sites (tertiary alicyclic amines) is 1. The third-order valence-corrected chi connectivity index (χ3v) is 6.70. The molecular formula is C18H20N4OS3. The summed E-state index contributed by atoms with van der Waals surface area (Å²) in [6.07, 6.45) is 2.41. The van der Waals surface area contributed by atoms with E-state index in [2.05, 4.69) is 32.8 Å². The van der Waals surface area contributed by atoms with Crippen molar-refractivity contribution in [2.24, 2.45) is 0 Å². The van der Waals surface area contributed by atoms with E-state index < -0.39 is 0 Å². The first-order valence-corrected chi connectivity index (χ1v) is 10.6. The molecule has 0 saturated carbocycles. The molecule has 3 heterocycles. The summed E-state index contributed by atoms with van der Waals surface area (Å²) < 4.78 is 8.09. The topological polar surface area (TPSA) is 42.3 Å². The fraction of sp³-hybridized carbons (Fsp3) is 0.333. The Hall–Kier alpha value is -1.74. The molecule has 0 aliphatic carbocycles. The van der Waals surface area contributed by atoms with E-state index in [1.165, 1.54) is 29.1 Å². The Morgan fingerprint density at radius 2 is 2.19 bits per heavy atom. The molecule has 0 bridgehead atoms. The number of ether oxygens (including phenoxy) is 1. The number of anilines is 2. The van der Waals surface area contributed by atoms with Gasteiger partial charge in [0, 0.05) is 17.5 Å². The molecule has 4 rings (SSSR count). The van der Waals surface area contributed by atoms with Crippen molar-refractivity contribution >= 4 is 45.7 Å². The van der Waals surface area contributed by atoms with Crippen LogP contribution in [0.1, 0.15) is 23.8 Å². The molecule has 2 aromatic heterocycles. The average molecular weight is 405 g/mol. The number of methoxy groups -OCH3 is 1. The van der Waals surface area contributed by atoms with Gasteiger partial charge in [0.05, 0.1) is 19.5 Å². The van der Waals surface area contributed by atoms with E-state index in [1.54, 1.807) is 7.11 Å². The quantitative estimate of drug-likeness (QED) is 0.566. The lowest BCUT2D eigenvalue weighted by Crippen LogP contribution is -2.26. The highest BCUT2D eigenvalue weighted by atomic mass is 32.1. The molecule has 136 valence electrons. The highest BCUT2D eigenvalue weighted by Gasteiger charge is 2.27. The van der Waals surface area contributed by atoms with E-state index in [0.717, 1.165) is 33.7 Å². The van der Waals surface area contributed by atoms with Gasteiger partial charge in [-0.05, 0) is 48.6 Å². The Morgan fingerprint density at radius 1 is 1.31 bits per heavy atom. The van der Waals surface area contributed by atoms with Crippen molar-refractivity contribution in [2.75, 3.05) is 19.0 Å². The smallest absolute Gasteiger partial charge is 0.209 e. The summed E-state index contributed by atoms with van der Waals surface area (Å²) in [5, 5.41) is 10.9. The Bertz CT molecular complexity index is 919. The van der Waals surface area contributed by atoms with E-state index in [1.807, 2.05) is 40.3 Å². The second-order valence-corrected chi connectivity index (χ2v) is 8.73. The summed E-state index contributed by atoms with van der Waals surface area (Å²) in [6, 6.07) is 12.6. The molecule has 3 aromatic rings. The van der Waals surface area contributed by atoms with Crippen molar-refractivity contribution in [2.45, 2.75) is 25.6 Å². The molecule has 0 unspecified atom stereocenters. The molecule has 1 aromatic carbocycles. The predicted molar refractivity (Wildman–Crippen MR) is 110 cm³/mol. The van der Waals surface area contributed by atoms with Crippen LogP contribution in [0.2, 0.25) is 0 Å². The SMILES string of the molecule is COc1ccccc1Nc1nn(CN2CCC[C@H]2c2cccs2)c(=S)s1. The number of thiophene rings is 1. The number of rotatable bonds is 6. The number of benzene rings is 1. The Morgan fingerprint density at radius 3 is 3.00 bits per heavy atom. The van der Waals surface area contributed by atoms with Crippen LogP contribution in [0.25, 0.3) is 0 Å². The number of nitrogens with zero attached hydrogens (tertiary/aromatic N) is 3. The van der Waals surface area contributed by atoms with Crippen LogP contribution in [-0.4, -0.2) is 28.3 Å². The van der Waals surface area contributed by atoms with E-state index in [9.17, 15) is 0 Å². The van der Waals surface area contributed by atoms with Gasteiger partial charge in [-0.3, -0.25) is 4.90 Å². The Balaban J connectivity index is 1.51. The molecule has 1 fully saturated rings. The number of aromatic nitrogens is 2. The number of hydrogen-bond donors (Lipinski definition) is 1. The molecule has 0 amide bonds. The first-order valence-electron chi connectivity index (χ1n) is 8.50. The number of nitrogens with one attached hydrogen (secondary N) is 1. The Kier molecular flexibility index (Phi) is 5.35. The number of para-hydroxylation sites is 2. The molecule has 8 heteroatoms. The molecule has 1 aliphatic heterocycles. The van der Waals surface area contributed by atoms with Gasteiger partial charge >= 0.3 is 0 Å². The third kappa shape index (κ3) is 3.68. The second-order valence-electron chi connectivity index (χ2n) is 6.13. The van der Waals surface area contributed by atoms with Crippen molar-refractivity contribution in [3.05, 3.63) is 50.6 Å². The van der Waals surface area contributed by atoms with Gasteiger partial charge in [0.1, 0.15) is 5.75 Å². The summed E-state index contributed by atoms with van der Waals surface area (Å²) in [4.78, 5) is 3.89. The predicted octanol–water partition coefficient (Wildman–Crippen LogP) is 5.28. The van der Waals surface area contributed by atoms with E-state index >= 15 is 0 Å². The first-order chi connectivity index (χ1) is 12.7. The van der Waals surface area contributed by atoms with Crippen molar-refractivity contribution < 1.29 is 4.74 Å². The first kappa shape index (κ1) is 17.7. The third-order valence-electron chi connectivity index (χ3n) is 4.51. The van der Waals surface area contributed by atoms with Gasteiger partial charge in [-0.15, -0.1) is 16.4 Å². The monoisotopic (exact) mass is 404 g/mol. The molecule has 0 spiro atoms. The maximum absolute atomic E-state index is 5.55. The van der Waals surface area contributed by atoms with Crippen LogP contribution in [-0.2, 0) is 6.67 Å². The van der Waals surface area contributed by atoms with E-state index in [-0.39, 0.29) is 0 Å². The van der Waals surface area contributed by atoms with Crippen LogP contribution in [0.3, 0.4) is 0 Å². The molecule has 1 aliphatic rings. The van der Waals surface area contributed by atoms with Crippen molar-refractivity contribution in [3.8, 4) is 5.75 Å². The average Bonchev–Trinajstić information content (AvgIpc) is 3.38. The highest BCUT2D eigenvalue weighted by molar-refractivity contribution is 7.73. The zero-order valence-corrected chi connectivity index (χ0v) is 16.9. The van der Waals surface area contributed by atoms with Crippen LogP contribution in [0, 0.1) is 3.95 Å². The highest BCUT2D eigenvalue weighted by Crippen LogP contribution is 2.35. The number of hydrogen-bond acceptors (Lipinski definition) is 7. The zero-order valence-electron chi connectivity index (χ0n) is 14.4. The van der Waals surface area contributed by atoms with Crippen LogP contribution in [0.15, 0.2) is 41.8 Å². The van der Waals surface area contributed by atoms with Gasteiger partial charge in [0.25, 0.3) is 0 Å². The lowest BCUT2D eigenvalue weighted by atomic mass is 10.2. The lowest BCUT2D eigenvalue weighted by molar-refractivity contribution is 0.193. The van der Waals surface area contributed by atoms with Crippen molar-refractivity contribution in [1.82, 2.24) is 14.7 Å². The largest absolute Gasteiger partial charge is 0.495 e. The maximum Gasteiger partial charge on any atom is 0.209 e. The minimum absolute atomic E-state index is 0.476. The molecular weight excluding hydrogens is 384 g/mol. The summed E-state index contributed by atoms with van der Waals surface area (Å²) in [5.74, 6) is 0.789. The van der Waals surface area contributed by atoms with Crippen LogP contribution >= 0.6 is 34.9 Å². The summed E-state index contributed by atoms with van der Waals surface area (Å²) in [7, 11) is 1.67. The standard InChI is InChI=1S/C18H20N4OS3/c1-23-15-8-3-2-6-13(15)19-17-20-22(18(24)26-17)12-21-10-4-7-14(21)16-9-5-11-25-16/h2-3,5-6,8-9,11,14H,4,7,10,12H2,1H3,(H,19,20)/t14-/m0/s1. The molecule has 5 nitrogen and oxygen atoms in total. The van der Waals surface area contributed by atoms with Crippen LogP contribution < -0.4 is 10.1 Å². The minimum Gasteiger partial charge on any atom is -0.495 e. The molecule has 1 saturated heterocycles. The molecule has 1 N–H and O–H groups in total. The summed E-state index contributed by atoms with van der Waals surface area (Å²) in [6.45, 7) is 1.81. The fourth-order valence-corrected chi connectivity index (χ4v) is 5.18. The molecule has 0 radical (unpaired) electrons. The lowest BCUT2D eigenvalue weighted by Gasteiger charge is -2.23. The van der Waals surface area contributed by atoms with E-state index in [0.29, 0.717) is 6.04 Å².